The molecule has 8 nitrogen and oxygen atoms in total. The molecule has 4 rings (SSSR count). The van der Waals surface area contributed by atoms with Crippen LogP contribution in [0.2, 0.25) is 0 Å². The molecular formula is C24H28F3N5O3S. The molecule has 1 aliphatic rings. The van der Waals surface area contributed by atoms with Crippen LogP contribution >= 0.6 is 0 Å². The molecule has 0 aliphatic heterocycles. The lowest BCUT2D eigenvalue weighted by atomic mass is 9.82. The molecule has 3 aromatic rings. The van der Waals surface area contributed by atoms with Crippen molar-refractivity contribution in [1.29, 1.82) is 0 Å². The maximum Gasteiger partial charge on any atom is 0.573 e. The minimum Gasteiger partial charge on any atom is -0.404 e. The number of para-hydroxylation sites is 2. The van der Waals surface area contributed by atoms with Crippen LogP contribution in [0.15, 0.2) is 53.4 Å². The molecule has 1 fully saturated rings. The van der Waals surface area contributed by atoms with Crippen molar-refractivity contribution in [2.24, 2.45) is 11.8 Å². The van der Waals surface area contributed by atoms with E-state index in [0.29, 0.717) is 18.4 Å². The molecule has 1 saturated carbocycles. The van der Waals surface area contributed by atoms with Crippen LogP contribution in [-0.4, -0.2) is 44.9 Å². The number of hydrogen-bond acceptors (Lipinski definition) is 7. The first-order chi connectivity index (χ1) is 17.1. The van der Waals surface area contributed by atoms with Gasteiger partial charge in [-0.1, -0.05) is 24.3 Å². The molecule has 3 N–H and O–H groups in total. The van der Waals surface area contributed by atoms with E-state index in [9.17, 15) is 21.6 Å². The van der Waals surface area contributed by atoms with Gasteiger partial charge < -0.3 is 15.4 Å². The Balaban J connectivity index is 1.29. The molecule has 1 aliphatic carbocycles. The van der Waals surface area contributed by atoms with Crippen LogP contribution in [0.4, 0.5) is 24.9 Å². The first-order valence-corrected chi connectivity index (χ1v) is 13.2. The van der Waals surface area contributed by atoms with Gasteiger partial charge in [-0.3, -0.25) is 0 Å². The number of nitrogens with one attached hydrogen (secondary N) is 3. The minimum atomic E-state index is -4.98. The number of hydrogen-bond donors (Lipinski definition) is 3. The highest BCUT2D eigenvalue weighted by atomic mass is 32.2. The first-order valence-electron chi connectivity index (χ1n) is 11.7. The van der Waals surface area contributed by atoms with Crippen LogP contribution in [0, 0.1) is 11.8 Å². The summed E-state index contributed by atoms with van der Waals surface area (Å²) in [6.07, 6.45) is -1.60. The van der Waals surface area contributed by atoms with Crippen molar-refractivity contribution in [3.63, 3.8) is 0 Å². The SMILES string of the molecule is CNc1nc(NC[C@H]2CC[C@H](CNS(=O)(=O)c3ccccc3OC(F)(F)F)CC2)nc2ccccc12. The average molecular weight is 524 g/mol. The van der Waals surface area contributed by atoms with E-state index in [1.165, 1.54) is 12.1 Å². The number of ether oxygens (including phenoxy) is 1. The molecule has 2 aromatic carbocycles. The second kappa shape index (κ2) is 10.9. The lowest BCUT2D eigenvalue weighted by molar-refractivity contribution is -0.275. The number of nitrogens with zero attached hydrogens (tertiary/aromatic N) is 2. The number of aromatic nitrogens is 2. The topological polar surface area (TPSA) is 105 Å². The molecule has 0 unspecified atom stereocenters. The number of benzene rings is 2. The largest absolute Gasteiger partial charge is 0.573 e. The van der Waals surface area contributed by atoms with Crippen molar-refractivity contribution < 1.29 is 26.3 Å². The predicted molar refractivity (Wildman–Crippen MR) is 131 cm³/mol. The quantitative estimate of drug-likeness (QED) is 0.371. The Kier molecular flexibility index (Phi) is 7.84. The van der Waals surface area contributed by atoms with E-state index in [0.717, 1.165) is 54.5 Å². The Hall–Kier alpha value is -3.12. The van der Waals surface area contributed by atoms with Gasteiger partial charge in [0, 0.05) is 25.5 Å². The number of sulfonamides is 1. The van der Waals surface area contributed by atoms with Gasteiger partial charge in [0.25, 0.3) is 0 Å². The number of halogens is 3. The van der Waals surface area contributed by atoms with E-state index in [-0.39, 0.29) is 12.5 Å². The summed E-state index contributed by atoms with van der Waals surface area (Å²) >= 11 is 0. The third-order valence-corrected chi connectivity index (χ3v) is 7.74. The van der Waals surface area contributed by atoms with Gasteiger partial charge in [-0.25, -0.2) is 18.1 Å². The van der Waals surface area contributed by atoms with Crippen molar-refractivity contribution in [2.45, 2.75) is 36.9 Å². The van der Waals surface area contributed by atoms with E-state index < -0.39 is 27.0 Å². The average Bonchev–Trinajstić information content (AvgIpc) is 2.85. The summed E-state index contributed by atoms with van der Waals surface area (Å²) in [6, 6.07) is 12.5. The van der Waals surface area contributed by atoms with Crippen molar-refractivity contribution in [3.8, 4) is 5.75 Å². The highest BCUT2D eigenvalue weighted by molar-refractivity contribution is 7.89. The molecule has 0 atom stereocenters. The van der Waals surface area contributed by atoms with E-state index in [1.54, 1.807) is 0 Å². The van der Waals surface area contributed by atoms with Gasteiger partial charge in [-0.15, -0.1) is 13.2 Å². The Morgan fingerprint density at radius 1 is 0.944 bits per heavy atom. The summed E-state index contributed by atoms with van der Waals surface area (Å²) < 4.78 is 69.6. The van der Waals surface area contributed by atoms with Gasteiger partial charge in [-0.05, 0) is 61.8 Å². The molecule has 12 heteroatoms. The second-order valence-corrected chi connectivity index (χ2v) is 10.5. The van der Waals surface area contributed by atoms with Crippen LogP contribution in [-0.2, 0) is 10.0 Å². The van der Waals surface area contributed by atoms with Gasteiger partial charge in [-0.2, -0.15) is 4.98 Å². The molecule has 0 saturated heterocycles. The standard InChI is InChI=1S/C24H28F3N5O3S/c1-28-22-18-6-2-3-7-19(18)31-23(32-22)29-14-16-10-12-17(13-11-16)15-30-36(33,34)21-9-5-4-8-20(21)35-24(25,26)27/h2-9,16-17,30H,10-15H2,1H3,(H2,28,29,31,32)/t16-,17-. The number of fused-ring (bicyclic) bond motifs is 1. The second-order valence-electron chi connectivity index (χ2n) is 8.78. The van der Waals surface area contributed by atoms with Crippen LogP contribution in [0.3, 0.4) is 0 Å². The monoisotopic (exact) mass is 523 g/mol. The van der Waals surface area contributed by atoms with Gasteiger partial charge in [0.1, 0.15) is 16.5 Å². The molecule has 0 amide bonds. The summed E-state index contributed by atoms with van der Waals surface area (Å²) in [5.74, 6) is 1.03. The molecule has 0 radical (unpaired) electrons. The molecule has 0 bridgehead atoms. The van der Waals surface area contributed by atoms with Gasteiger partial charge >= 0.3 is 6.36 Å². The highest BCUT2D eigenvalue weighted by Gasteiger charge is 2.34. The van der Waals surface area contributed by atoms with Crippen molar-refractivity contribution >= 4 is 32.7 Å². The maximum atomic E-state index is 12.7. The van der Waals surface area contributed by atoms with Crippen LogP contribution < -0.4 is 20.1 Å². The predicted octanol–water partition coefficient (Wildman–Crippen LogP) is 4.77. The minimum absolute atomic E-state index is 0.0968. The number of alkyl halides is 3. The molecule has 0 spiro atoms. The van der Waals surface area contributed by atoms with Gasteiger partial charge in [0.2, 0.25) is 16.0 Å². The third kappa shape index (κ3) is 6.55. The van der Waals surface area contributed by atoms with Crippen molar-refractivity contribution in [1.82, 2.24) is 14.7 Å². The van der Waals surface area contributed by atoms with Crippen molar-refractivity contribution in [3.05, 3.63) is 48.5 Å². The Bertz CT molecular complexity index is 1300. The summed E-state index contributed by atoms with van der Waals surface area (Å²) in [6.45, 7) is 0.851. The third-order valence-electron chi connectivity index (χ3n) is 6.28. The van der Waals surface area contributed by atoms with Crippen LogP contribution in [0.25, 0.3) is 10.9 Å². The first kappa shape index (κ1) is 26.0. The Morgan fingerprint density at radius 3 is 2.28 bits per heavy atom. The Morgan fingerprint density at radius 2 is 1.58 bits per heavy atom. The summed E-state index contributed by atoms with van der Waals surface area (Å²) in [4.78, 5) is 8.59. The van der Waals surface area contributed by atoms with Crippen LogP contribution in [0.5, 0.6) is 5.75 Å². The molecule has 1 heterocycles. The van der Waals surface area contributed by atoms with Gasteiger partial charge in [0.05, 0.1) is 5.52 Å². The van der Waals surface area contributed by atoms with E-state index >= 15 is 0 Å². The van der Waals surface area contributed by atoms with Gasteiger partial charge in [0.15, 0.2) is 0 Å². The zero-order valence-electron chi connectivity index (χ0n) is 19.7. The number of anilines is 2. The fourth-order valence-corrected chi connectivity index (χ4v) is 5.65. The van der Waals surface area contributed by atoms with Crippen molar-refractivity contribution in [2.75, 3.05) is 30.8 Å². The Labute approximate surface area is 207 Å². The zero-order valence-corrected chi connectivity index (χ0v) is 20.5. The number of rotatable bonds is 9. The normalized spacial score (nSPS) is 18.7. The molecule has 194 valence electrons. The van der Waals surface area contributed by atoms with E-state index in [1.807, 2.05) is 31.3 Å². The summed E-state index contributed by atoms with van der Waals surface area (Å²) in [5.41, 5.74) is 0.845. The smallest absolute Gasteiger partial charge is 0.404 e. The molecule has 36 heavy (non-hydrogen) atoms. The van der Waals surface area contributed by atoms with Crippen LogP contribution in [0.1, 0.15) is 25.7 Å². The van der Waals surface area contributed by atoms with E-state index in [4.69, 9.17) is 0 Å². The van der Waals surface area contributed by atoms with E-state index in [2.05, 4.69) is 30.1 Å². The highest BCUT2D eigenvalue weighted by Crippen LogP contribution is 2.31. The lowest BCUT2D eigenvalue weighted by Crippen LogP contribution is -2.33. The molecular weight excluding hydrogens is 495 g/mol. The zero-order chi connectivity index (χ0) is 25.8. The molecule has 1 aromatic heterocycles. The fraction of sp³-hybridized carbons (Fsp3) is 0.417. The summed E-state index contributed by atoms with van der Waals surface area (Å²) in [7, 11) is -2.34. The maximum absolute atomic E-state index is 12.7. The lowest BCUT2D eigenvalue weighted by Gasteiger charge is -2.28. The fourth-order valence-electron chi connectivity index (χ4n) is 4.41. The summed E-state index contributed by atoms with van der Waals surface area (Å²) in [5, 5.41) is 7.36.